The standard InChI is InChI=1S/C10H20ClNO/c1-13-8-4-7-12-10-6-3-2-5-9(10)11/h9-10,12H,2-8H2,1H3. The van der Waals surface area contributed by atoms with Crippen LogP contribution in [0.2, 0.25) is 0 Å². The van der Waals surface area contributed by atoms with Crippen LogP contribution >= 0.6 is 11.6 Å². The lowest BCUT2D eigenvalue weighted by Gasteiger charge is -2.27. The van der Waals surface area contributed by atoms with E-state index in [-0.39, 0.29) is 0 Å². The molecule has 2 atom stereocenters. The summed E-state index contributed by atoms with van der Waals surface area (Å²) in [5.74, 6) is 0. The molecule has 1 saturated carbocycles. The fourth-order valence-corrected chi connectivity index (χ4v) is 2.19. The number of hydrogen-bond donors (Lipinski definition) is 1. The monoisotopic (exact) mass is 205 g/mol. The van der Waals surface area contributed by atoms with E-state index in [1.807, 2.05) is 0 Å². The Kier molecular flexibility index (Phi) is 5.76. The number of halogens is 1. The molecule has 0 amide bonds. The van der Waals surface area contributed by atoms with Gasteiger partial charge in [-0.15, -0.1) is 11.6 Å². The Morgan fingerprint density at radius 3 is 2.85 bits per heavy atom. The van der Waals surface area contributed by atoms with E-state index in [1.165, 1.54) is 25.7 Å². The number of hydrogen-bond acceptors (Lipinski definition) is 2. The third kappa shape index (κ3) is 4.30. The zero-order valence-corrected chi connectivity index (χ0v) is 9.15. The molecule has 1 aliphatic carbocycles. The molecule has 0 heterocycles. The van der Waals surface area contributed by atoms with Gasteiger partial charge in [-0.25, -0.2) is 0 Å². The van der Waals surface area contributed by atoms with Crippen molar-refractivity contribution < 1.29 is 4.74 Å². The highest BCUT2D eigenvalue weighted by atomic mass is 35.5. The highest BCUT2D eigenvalue weighted by molar-refractivity contribution is 6.21. The number of nitrogens with one attached hydrogen (secondary N) is 1. The van der Waals surface area contributed by atoms with Crippen molar-refractivity contribution in [1.82, 2.24) is 5.32 Å². The maximum atomic E-state index is 6.20. The predicted octanol–water partition coefficient (Wildman–Crippen LogP) is 2.16. The van der Waals surface area contributed by atoms with Gasteiger partial charge >= 0.3 is 0 Å². The molecule has 1 rings (SSSR count). The molecule has 1 aliphatic rings. The minimum atomic E-state index is 0.344. The van der Waals surface area contributed by atoms with Crippen molar-refractivity contribution in [1.29, 1.82) is 0 Å². The molecule has 1 fully saturated rings. The van der Waals surface area contributed by atoms with Gasteiger partial charge in [0.1, 0.15) is 0 Å². The molecule has 0 saturated heterocycles. The second kappa shape index (κ2) is 6.63. The second-order valence-electron chi connectivity index (χ2n) is 3.71. The number of ether oxygens (including phenoxy) is 1. The molecule has 0 aromatic heterocycles. The lowest BCUT2D eigenvalue weighted by atomic mass is 9.95. The predicted molar refractivity (Wildman–Crippen MR) is 56.4 cm³/mol. The Labute approximate surface area is 86.0 Å². The van der Waals surface area contributed by atoms with Crippen LogP contribution in [0.15, 0.2) is 0 Å². The van der Waals surface area contributed by atoms with Gasteiger partial charge in [0, 0.05) is 25.1 Å². The van der Waals surface area contributed by atoms with Crippen LogP contribution in [-0.4, -0.2) is 31.7 Å². The smallest absolute Gasteiger partial charge is 0.0489 e. The second-order valence-corrected chi connectivity index (χ2v) is 4.27. The molecule has 2 unspecified atom stereocenters. The Morgan fingerprint density at radius 1 is 1.38 bits per heavy atom. The Balaban J connectivity index is 2.05. The van der Waals surface area contributed by atoms with Crippen LogP contribution in [0.5, 0.6) is 0 Å². The summed E-state index contributed by atoms with van der Waals surface area (Å²) >= 11 is 6.20. The third-order valence-corrected chi connectivity index (χ3v) is 3.14. The van der Waals surface area contributed by atoms with Gasteiger partial charge < -0.3 is 10.1 Å². The summed E-state index contributed by atoms with van der Waals surface area (Å²) in [5.41, 5.74) is 0. The molecule has 0 aliphatic heterocycles. The van der Waals surface area contributed by atoms with E-state index in [9.17, 15) is 0 Å². The minimum absolute atomic E-state index is 0.344. The van der Waals surface area contributed by atoms with Gasteiger partial charge in [-0.05, 0) is 25.8 Å². The fraction of sp³-hybridized carbons (Fsp3) is 1.00. The van der Waals surface area contributed by atoms with Crippen LogP contribution in [0.3, 0.4) is 0 Å². The molecule has 1 N–H and O–H groups in total. The Morgan fingerprint density at radius 2 is 2.15 bits per heavy atom. The van der Waals surface area contributed by atoms with Crippen LogP contribution < -0.4 is 5.32 Å². The first kappa shape index (κ1) is 11.3. The summed E-state index contributed by atoms with van der Waals surface area (Å²) in [5, 5.41) is 3.84. The SMILES string of the molecule is COCCCNC1CCCCC1Cl. The van der Waals surface area contributed by atoms with Crippen LogP contribution in [0.25, 0.3) is 0 Å². The number of rotatable bonds is 5. The summed E-state index contributed by atoms with van der Waals surface area (Å²) in [7, 11) is 1.74. The van der Waals surface area contributed by atoms with Gasteiger partial charge in [0.15, 0.2) is 0 Å². The van der Waals surface area contributed by atoms with Crippen molar-refractivity contribution in [3.63, 3.8) is 0 Å². The van der Waals surface area contributed by atoms with E-state index in [0.717, 1.165) is 19.6 Å². The first-order valence-electron chi connectivity index (χ1n) is 5.21. The highest BCUT2D eigenvalue weighted by Crippen LogP contribution is 2.22. The molecule has 78 valence electrons. The quantitative estimate of drug-likeness (QED) is 0.549. The Hall–Kier alpha value is 0.210. The van der Waals surface area contributed by atoms with Gasteiger partial charge in [-0.3, -0.25) is 0 Å². The number of alkyl halides is 1. The maximum absolute atomic E-state index is 6.20. The van der Waals surface area contributed by atoms with E-state index in [0.29, 0.717) is 11.4 Å². The van der Waals surface area contributed by atoms with E-state index >= 15 is 0 Å². The van der Waals surface area contributed by atoms with Crippen LogP contribution in [0.4, 0.5) is 0 Å². The topological polar surface area (TPSA) is 21.3 Å². The van der Waals surface area contributed by atoms with Crippen molar-refractivity contribution in [3.05, 3.63) is 0 Å². The van der Waals surface area contributed by atoms with Gasteiger partial charge in [-0.1, -0.05) is 12.8 Å². The van der Waals surface area contributed by atoms with Crippen LogP contribution in [0, 0.1) is 0 Å². The summed E-state index contributed by atoms with van der Waals surface area (Å²) in [4.78, 5) is 0. The largest absolute Gasteiger partial charge is 0.385 e. The van der Waals surface area contributed by atoms with Crippen LogP contribution in [-0.2, 0) is 4.74 Å². The maximum Gasteiger partial charge on any atom is 0.0489 e. The van der Waals surface area contributed by atoms with E-state index in [1.54, 1.807) is 7.11 Å². The molecule has 0 aromatic carbocycles. The summed E-state index contributed by atoms with van der Waals surface area (Å²) in [6.45, 7) is 1.87. The van der Waals surface area contributed by atoms with Crippen molar-refractivity contribution in [2.75, 3.05) is 20.3 Å². The zero-order chi connectivity index (χ0) is 9.52. The Bertz CT molecular complexity index is 132. The van der Waals surface area contributed by atoms with E-state index < -0.39 is 0 Å². The van der Waals surface area contributed by atoms with Gasteiger partial charge in [0.25, 0.3) is 0 Å². The normalized spacial score (nSPS) is 29.1. The summed E-state index contributed by atoms with van der Waals surface area (Å²) in [6.07, 6.45) is 6.11. The van der Waals surface area contributed by atoms with Crippen molar-refractivity contribution in [3.8, 4) is 0 Å². The van der Waals surface area contributed by atoms with Crippen LogP contribution in [0.1, 0.15) is 32.1 Å². The zero-order valence-electron chi connectivity index (χ0n) is 8.39. The van der Waals surface area contributed by atoms with Gasteiger partial charge in [0.05, 0.1) is 0 Å². The molecular weight excluding hydrogens is 186 g/mol. The molecular formula is C10H20ClNO. The summed E-state index contributed by atoms with van der Waals surface area (Å²) in [6, 6.07) is 0.535. The molecule has 13 heavy (non-hydrogen) atoms. The molecule has 0 bridgehead atoms. The molecule has 0 radical (unpaired) electrons. The molecule has 0 spiro atoms. The fourth-order valence-electron chi connectivity index (χ4n) is 1.82. The molecule has 0 aromatic rings. The first-order chi connectivity index (χ1) is 6.34. The lowest BCUT2D eigenvalue weighted by molar-refractivity contribution is 0.192. The molecule has 3 heteroatoms. The minimum Gasteiger partial charge on any atom is -0.385 e. The third-order valence-electron chi connectivity index (χ3n) is 2.61. The average Bonchev–Trinajstić information content (AvgIpc) is 2.15. The van der Waals surface area contributed by atoms with Gasteiger partial charge in [-0.2, -0.15) is 0 Å². The average molecular weight is 206 g/mol. The van der Waals surface area contributed by atoms with Gasteiger partial charge in [0.2, 0.25) is 0 Å². The van der Waals surface area contributed by atoms with Crippen molar-refractivity contribution in [2.24, 2.45) is 0 Å². The highest BCUT2D eigenvalue weighted by Gasteiger charge is 2.21. The van der Waals surface area contributed by atoms with E-state index in [2.05, 4.69) is 5.32 Å². The number of methoxy groups -OCH3 is 1. The lowest BCUT2D eigenvalue weighted by Crippen LogP contribution is -2.39. The first-order valence-corrected chi connectivity index (χ1v) is 5.64. The summed E-state index contributed by atoms with van der Waals surface area (Å²) < 4.78 is 4.99. The van der Waals surface area contributed by atoms with Crippen molar-refractivity contribution >= 4 is 11.6 Å². The van der Waals surface area contributed by atoms with Crippen molar-refractivity contribution in [2.45, 2.75) is 43.5 Å². The van der Waals surface area contributed by atoms with E-state index in [4.69, 9.17) is 16.3 Å². The molecule has 2 nitrogen and oxygen atoms in total.